The minimum Gasteiger partial charge on any atom is -0.378 e. The van der Waals surface area contributed by atoms with Gasteiger partial charge in [0.2, 0.25) is 11.8 Å². The minimum absolute atomic E-state index is 0.00872. The summed E-state index contributed by atoms with van der Waals surface area (Å²) < 4.78 is 5.45. The van der Waals surface area contributed by atoms with Crippen LogP contribution in [0.25, 0.3) is 0 Å². The van der Waals surface area contributed by atoms with Crippen molar-refractivity contribution in [1.82, 2.24) is 26.2 Å². The average Bonchev–Trinajstić information content (AvgIpc) is 3.50. The average molecular weight is 524 g/mol. The van der Waals surface area contributed by atoms with Crippen molar-refractivity contribution < 1.29 is 28.7 Å². The smallest absolute Gasteiger partial charge is 0.315 e. The van der Waals surface area contributed by atoms with Gasteiger partial charge in [-0.2, -0.15) is 11.8 Å². The molecule has 3 aliphatic heterocycles. The van der Waals surface area contributed by atoms with Crippen molar-refractivity contribution in [1.29, 1.82) is 0 Å². The molecule has 200 valence electrons. The number of ether oxygens (including phenoxy) is 1. The molecule has 3 atom stereocenters. The van der Waals surface area contributed by atoms with Crippen molar-refractivity contribution in [2.24, 2.45) is 0 Å². The largest absolute Gasteiger partial charge is 0.378 e. The highest BCUT2D eigenvalue weighted by molar-refractivity contribution is 8.00. The molecule has 0 aromatic heterocycles. The number of carbonyl (C=O) groups is 5. The number of rotatable bonds is 17. The fourth-order valence-corrected chi connectivity index (χ4v) is 6.01. The Morgan fingerprint density at radius 3 is 2.22 bits per heavy atom. The van der Waals surface area contributed by atoms with Crippen LogP contribution in [0.1, 0.15) is 51.4 Å². The van der Waals surface area contributed by atoms with Gasteiger partial charge in [-0.3, -0.25) is 24.1 Å². The number of amides is 6. The van der Waals surface area contributed by atoms with E-state index in [0.29, 0.717) is 63.8 Å². The third kappa shape index (κ3) is 9.12. The Labute approximate surface area is 215 Å². The van der Waals surface area contributed by atoms with Crippen LogP contribution in [0.3, 0.4) is 0 Å². The summed E-state index contributed by atoms with van der Waals surface area (Å²) in [5, 5.41) is 12.0. The van der Waals surface area contributed by atoms with Gasteiger partial charge in [0.1, 0.15) is 0 Å². The molecule has 0 aromatic rings. The topological polar surface area (TPSA) is 146 Å². The lowest BCUT2D eigenvalue weighted by Crippen LogP contribution is -2.36. The van der Waals surface area contributed by atoms with Gasteiger partial charge in [0.15, 0.2) is 0 Å². The molecule has 0 saturated carbocycles. The standard InChI is InChI=1S/C24H37N5O6S/c30-19(7-2-1-5-13-29-21(32)9-10-22(29)33)25-11-14-35-15-12-26-20(31)8-4-3-6-18-23-17(16-36-18)27-24(34)28-23/h9-10,17-18,23H,1-8,11-16H2,(H,25,30)(H,26,31)(H2,27,28,34). The van der Waals surface area contributed by atoms with Gasteiger partial charge in [0, 0.05) is 55.6 Å². The molecule has 2 saturated heterocycles. The van der Waals surface area contributed by atoms with Crippen LogP contribution in [0.5, 0.6) is 0 Å². The Balaban J connectivity index is 1.07. The lowest BCUT2D eigenvalue weighted by Gasteiger charge is -2.16. The van der Waals surface area contributed by atoms with Crippen LogP contribution in [0.15, 0.2) is 12.2 Å². The lowest BCUT2D eigenvalue weighted by atomic mass is 10.0. The van der Waals surface area contributed by atoms with Crippen molar-refractivity contribution in [2.75, 3.05) is 38.6 Å². The van der Waals surface area contributed by atoms with Crippen LogP contribution in [-0.2, 0) is 23.9 Å². The summed E-state index contributed by atoms with van der Waals surface area (Å²) >= 11 is 1.89. The minimum atomic E-state index is -0.274. The summed E-state index contributed by atoms with van der Waals surface area (Å²) in [6, 6.07) is 0.374. The maximum Gasteiger partial charge on any atom is 0.315 e. The van der Waals surface area contributed by atoms with Crippen LogP contribution in [0.4, 0.5) is 4.79 Å². The SMILES string of the molecule is O=C(CCCCCN1C(=O)C=CC1=O)NCCOCCNC(=O)CCCCC1SCC2NC(=O)NC21. The predicted octanol–water partition coefficient (Wildman–Crippen LogP) is 0.447. The highest BCUT2D eigenvalue weighted by atomic mass is 32.2. The molecule has 2 fully saturated rings. The Morgan fingerprint density at radius 2 is 1.56 bits per heavy atom. The quantitative estimate of drug-likeness (QED) is 0.123. The summed E-state index contributed by atoms with van der Waals surface area (Å²) in [7, 11) is 0. The Morgan fingerprint density at radius 1 is 0.917 bits per heavy atom. The molecule has 3 heterocycles. The molecule has 36 heavy (non-hydrogen) atoms. The molecule has 11 nitrogen and oxygen atoms in total. The van der Waals surface area contributed by atoms with Gasteiger partial charge in [0.25, 0.3) is 11.8 Å². The molecule has 0 aromatic carbocycles. The first-order chi connectivity index (χ1) is 17.4. The van der Waals surface area contributed by atoms with Gasteiger partial charge in [-0.1, -0.05) is 12.8 Å². The van der Waals surface area contributed by atoms with E-state index in [0.717, 1.165) is 31.4 Å². The van der Waals surface area contributed by atoms with E-state index < -0.39 is 0 Å². The second-order valence-electron chi connectivity index (χ2n) is 9.15. The van der Waals surface area contributed by atoms with Crippen LogP contribution in [0, 0.1) is 0 Å². The molecule has 0 radical (unpaired) electrons. The molecular weight excluding hydrogens is 486 g/mol. The Bertz CT molecular complexity index is 820. The normalized spacial score (nSPS) is 22.5. The van der Waals surface area contributed by atoms with Crippen molar-refractivity contribution in [2.45, 2.75) is 68.7 Å². The monoisotopic (exact) mass is 523 g/mol. The Kier molecular flexibility index (Phi) is 11.5. The van der Waals surface area contributed by atoms with Crippen molar-refractivity contribution >= 4 is 41.4 Å². The number of carbonyl (C=O) groups excluding carboxylic acids is 5. The van der Waals surface area contributed by atoms with Gasteiger partial charge in [0.05, 0.1) is 25.3 Å². The summed E-state index contributed by atoms with van der Waals surface area (Å²) in [4.78, 5) is 59.3. The molecule has 6 amide bonds. The Hall–Kier alpha value is -2.60. The fourth-order valence-electron chi connectivity index (χ4n) is 4.46. The van der Waals surface area contributed by atoms with Gasteiger partial charge >= 0.3 is 6.03 Å². The summed E-state index contributed by atoms with van der Waals surface area (Å²) in [6.07, 6.45) is 8.32. The molecule has 0 spiro atoms. The van der Waals surface area contributed by atoms with Gasteiger partial charge in [-0.05, 0) is 25.7 Å². The van der Waals surface area contributed by atoms with E-state index in [1.807, 2.05) is 11.8 Å². The third-order valence-electron chi connectivity index (χ3n) is 6.40. The molecule has 0 bridgehead atoms. The number of hydrogen-bond acceptors (Lipinski definition) is 7. The molecule has 12 heteroatoms. The molecule has 4 N–H and O–H groups in total. The van der Waals surface area contributed by atoms with Crippen molar-refractivity contribution in [3.05, 3.63) is 12.2 Å². The predicted molar refractivity (Wildman–Crippen MR) is 135 cm³/mol. The highest BCUT2D eigenvalue weighted by Crippen LogP contribution is 2.33. The molecule has 3 unspecified atom stereocenters. The number of nitrogens with zero attached hydrogens (tertiary/aromatic N) is 1. The number of thioether (sulfide) groups is 1. The number of imide groups is 1. The van der Waals surface area contributed by atoms with E-state index in [9.17, 15) is 24.0 Å². The number of nitrogens with one attached hydrogen (secondary N) is 4. The second kappa shape index (κ2) is 14.8. The zero-order chi connectivity index (χ0) is 25.8. The van der Waals surface area contributed by atoms with E-state index in [1.54, 1.807) is 0 Å². The molecular formula is C24H37N5O6S. The van der Waals surface area contributed by atoms with E-state index in [-0.39, 0.29) is 41.7 Å². The van der Waals surface area contributed by atoms with Crippen LogP contribution < -0.4 is 21.3 Å². The lowest BCUT2D eigenvalue weighted by molar-refractivity contribution is -0.137. The third-order valence-corrected chi connectivity index (χ3v) is 7.91. The molecule has 3 aliphatic rings. The first kappa shape index (κ1) is 28.0. The van der Waals surface area contributed by atoms with E-state index >= 15 is 0 Å². The number of fused-ring (bicyclic) bond motifs is 1. The van der Waals surface area contributed by atoms with Gasteiger partial charge in [-0.25, -0.2) is 4.79 Å². The number of hydrogen-bond donors (Lipinski definition) is 4. The molecule has 0 aliphatic carbocycles. The number of urea groups is 1. The maximum absolute atomic E-state index is 12.0. The summed E-state index contributed by atoms with van der Waals surface area (Å²) in [5.74, 6) is 0.354. The molecule has 3 rings (SSSR count). The van der Waals surface area contributed by atoms with Crippen LogP contribution in [0.2, 0.25) is 0 Å². The number of unbranched alkanes of at least 4 members (excludes halogenated alkanes) is 3. The van der Waals surface area contributed by atoms with Crippen molar-refractivity contribution in [3.8, 4) is 0 Å². The summed E-state index contributed by atoms with van der Waals surface area (Å²) in [6.45, 7) is 1.99. The summed E-state index contributed by atoms with van der Waals surface area (Å²) in [5.41, 5.74) is 0. The van der Waals surface area contributed by atoms with E-state index in [1.165, 1.54) is 17.1 Å². The van der Waals surface area contributed by atoms with E-state index in [4.69, 9.17) is 4.74 Å². The van der Waals surface area contributed by atoms with Gasteiger partial charge in [-0.15, -0.1) is 0 Å². The highest BCUT2D eigenvalue weighted by Gasteiger charge is 2.42. The van der Waals surface area contributed by atoms with E-state index in [2.05, 4.69) is 21.3 Å². The van der Waals surface area contributed by atoms with Crippen LogP contribution >= 0.6 is 11.8 Å². The zero-order valence-electron chi connectivity index (χ0n) is 20.6. The van der Waals surface area contributed by atoms with Gasteiger partial charge < -0.3 is 26.0 Å². The van der Waals surface area contributed by atoms with Crippen LogP contribution in [-0.4, -0.2) is 90.5 Å². The maximum atomic E-state index is 12.0. The van der Waals surface area contributed by atoms with Crippen molar-refractivity contribution in [3.63, 3.8) is 0 Å². The first-order valence-electron chi connectivity index (χ1n) is 12.8. The second-order valence-corrected chi connectivity index (χ2v) is 10.4. The fraction of sp³-hybridized carbons (Fsp3) is 0.708. The first-order valence-corrected chi connectivity index (χ1v) is 13.8. The zero-order valence-corrected chi connectivity index (χ0v) is 21.4.